The fourth-order valence-corrected chi connectivity index (χ4v) is 1.82. The molecule has 86 valence electrons. The van der Waals surface area contributed by atoms with Crippen molar-refractivity contribution in [2.24, 2.45) is 5.73 Å². The average Bonchev–Trinajstić information content (AvgIpc) is 2.94. The lowest BCUT2D eigenvalue weighted by molar-refractivity contribution is 0.353. The van der Waals surface area contributed by atoms with Gasteiger partial charge in [-0.1, -0.05) is 5.16 Å². The molecule has 0 aromatic carbocycles. The lowest BCUT2D eigenvalue weighted by atomic mass is 10.2. The zero-order valence-corrected chi connectivity index (χ0v) is 9.83. The highest BCUT2D eigenvalue weighted by Crippen LogP contribution is 2.18. The molecular formula is C10H14N4OS. The number of hydrogen-bond donors (Lipinski definition) is 2. The number of thioether (sulfide) groups is 1. The molecule has 16 heavy (non-hydrogen) atoms. The van der Waals surface area contributed by atoms with Crippen molar-refractivity contribution < 1.29 is 4.52 Å². The molecule has 2 rings (SSSR count). The van der Waals surface area contributed by atoms with E-state index in [9.17, 15) is 0 Å². The third kappa shape index (κ3) is 2.45. The van der Waals surface area contributed by atoms with Gasteiger partial charge < -0.3 is 15.2 Å². The molecule has 2 aromatic heterocycles. The predicted molar refractivity (Wildman–Crippen MR) is 64.0 cm³/mol. The van der Waals surface area contributed by atoms with Crippen molar-refractivity contribution in [2.45, 2.75) is 12.5 Å². The molecule has 0 unspecified atom stereocenters. The standard InChI is InChI=1S/C10H14N4OS/c1-16-6-4-7(11)10-13-9(14-15-10)8-3-2-5-12-8/h2-3,5,7,12H,4,6,11H2,1H3/t7-/m1/s1. The van der Waals surface area contributed by atoms with E-state index in [1.807, 2.05) is 24.6 Å². The second-order valence-electron chi connectivity index (χ2n) is 3.43. The van der Waals surface area contributed by atoms with Crippen LogP contribution in [-0.4, -0.2) is 27.1 Å². The van der Waals surface area contributed by atoms with Crippen LogP contribution in [0.4, 0.5) is 0 Å². The molecular weight excluding hydrogens is 224 g/mol. The Hall–Kier alpha value is -1.27. The van der Waals surface area contributed by atoms with Crippen molar-refractivity contribution in [3.05, 3.63) is 24.2 Å². The van der Waals surface area contributed by atoms with E-state index in [1.54, 1.807) is 11.8 Å². The Balaban J connectivity index is 2.07. The summed E-state index contributed by atoms with van der Waals surface area (Å²) in [6.45, 7) is 0. The maximum absolute atomic E-state index is 5.93. The smallest absolute Gasteiger partial charge is 0.243 e. The van der Waals surface area contributed by atoms with E-state index in [2.05, 4.69) is 15.1 Å². The fraction of sp³-hybridized carbons (Fsp3) is 0.400. The molecule has 5 nitrogen and oxygen atoms in total. The van der Waals surface area contributed by atoms with Gasteiger partial charge >= 0.3 is 0 Å². The molecule has 0 aliphatic carbocycles. The minimum Gasteiger partial charge on any atom is -0.359 e. The Bertz CT molecular complexity index is 426. The van der Waals surface area contributed by atoms with Crippen LogP contribution in [0.25, 0.3) is 11.5 Å². The topological polar surface area (TPSA) is 80.7 Å². The Morgan fingerprint density at radius 3 is 3.19 bits per heavy atom. The maximum Gasteiger partial charge on any atom is 0.243 e. The zero-order chi connectivity index (χ0) is 11.4. The van der Waals surface area contributed by atoms with Crippen LogP contribution in [0.15, 0.2) is 22.9 Å². The fourth-order valence-electron chi connectivity index (χ4n) is 1.33. The average molecular weight is 238 g/mol. The monoisotopic (exact) mass is 238 g/mol. The van der Waals surface area contributed by atoms with Gasteiger partial charge in [0.25, 0.3) is 0 Å². The van der Waals surface area contributed by atoms with Crippen LogP contribution in [0, 0.1) is 0 Å². The van der Waals surface area contributed by atoms with Gasteiger partial charge in [0.15, 0.2) is 0 Å². The van der Waals surface area contributed by atoms with Crippen LogP contribution in [0.5, 0.6) is 0 Å². The van der Waals surface area contributed by atoms with Crippen molar-refractivity contribution in [3.63, 3.8) is 0 Å². The number of rotatable bonds is 5. The van der Waals surface area contributed by atoms with Gasteiger partial charge in [0.1, 0.15) is 0 Å². The van der Waals surface area contributed by atoms with Crippen molar-refractivity contribution in [1.82, 2.24) is 15.1 Å². The van der Waals surface area contributed by atoms with Gasteiger partial charge in [0, 0.05) is 6.20 Å². The van der Waals surface area contributed by atoms with Crippen molar-refractivity contribution in [1.29, 1.82) is 0 Å². The largest absolute Gasteiger partial charge is 0.359 e. The summed E-state index contributed by atoms with van der Waals surface area (Å²) in [4.78, 5) is 7.28. The molecule has 0 bridgehead atoms. The lowest BCUT2D eigenvalue weighted by Gasteiger charge is -2.03. The Morgan fingerprint density at radius 1 is 1.62 bits per heavy atom. The van der Waals surface area contributed by atoms with Gasteiger partial charge in [0.05, 0.1) is 11.7 Å². The van der Waals surface area contributed by atoms with E-state index < -0.39 is 0 Å². The first-order chi connectivity index (χ1) is 7.81. The van der Waals surface area contributed by atoms with Gasteiger partial charge in [-0.15, -0.1) is 0 Å². The van der Waals surface area contributed by atoms with Gasteiger partial charge in [-0.2, -0.15) is 16.7 Å². The molecule has 3 N–H and O–H groups in total. The third-order valence-corrected chi connectivity index (χ3v) is 2.87. The molecule has 0 radical (unpaired) electrons. The number of nitrogens with two attached hydrogens (primary N) is 1. The third-order valence-electron chi connectivity index (χ3n) is 2.23. The number of aromatic nitrogens is 3. The summed E-state index contributed by atoms with van der Waals surface area (Å²) in [7, 11) is 0. The molecule has 0 saturated heterocycles. The lowest BCUT2D eigenvalue weighted by Crippen LogP contribution is -2.11. The predicted octanol–water partition coefficient (Wildman–Crippen LogP) is 1.82. The quantitative estimate of drug-likeness (QED) is 0.830. The molecule has 6 heteroatoms. The second-order valence-corrected chi connectivity index (χ2v) is 4.41. The second kappa shape index (κ2) is 5.18. The van der Waals surface area contributed by atoms with Gasteiger partial charge in [-0.25, -0.2) is 0 Å². The van der Waals surface area contributed by atoms with Gasteiger partial charge in [-0.3, -0.25) is 0 Å². The maximum atomic E-state index is 5.93. The highest BCUT2D eigenvalue weighted by molar-refractivity contribution is 7.98. The normalized spacial score (nSPS) is 12.9. The van der Waals surface area contributed by atoms with Gasteiger partial charge in [0.2, 0.25) is 11.7 Å². The van der Waals surface area contributed by atoms with E-state index in [0.717, 1.165) is 17.9 Å². The van der Waals surface area contributed by atoms with Crippen LogP contribution < -0.4 is 5.73 Å². The first-order valence-corrected chi connectivity index (χ1v) is 6.42. The summed E-state index contributed by atoms with van der Waals surface area (Å²) < 4.78 is 5.13. The number of nitrogens with one attached hydrogen (secondary N) is 1. The Labute approximate surface area is 97.8 Å². The summed E-state index contributed by atoms with van der Waals surface area (Å²) in [6.07, 6.45) is 4.71. The van der Waals surface area contributed by atoms with Crippen LogP contribution in [0.2, 0.25) is 0 Å². The molecule has 2 heterocycles. The first-order valence-electron chi connectivity index (χ1n) is 5.03. The number of hydrogen-bond acceptors (Lipinski definition) is 5. The highest BCUT2D eigenvalue weighted by Gasteiger charge is 2.15. The number of aromatic amines is 1. The van der Waals surface area contributed by atoms with Crippen LogP contribution >= 0.6 is 11.8 Å². The van der Waals surface area contributed by atoms with Gasteiger partial charge in [-0.05, 0) is 30.6 Å². The van der Waals surface area contributed by atoms with E-state index in [0.29, 0.717) is 11.7 Å². The Morgan fingerprint density at radius 2 is 2.50 bits per heavy atom. The molecule has 0 aliphatic heterocycles. The molecule has 1 atom stereocenters. The first kappa shape index (κ1) is 11.2. The van der Waals surface area contributed by atoms with E-state index >= 15 is 0 Å². The summed E-state index contributed by atoms with van der Waals surface area (Å²) >= 11 is 1.75. The van der Waals surface area contributed by atoms with Crippen molar-refractivity contribution in [2.75, 3.05) is 12.0 Å². The highest BCUT2D eigenvalue weighted by atomic mass is 32.2. The van der Waals surface area contributed by atoms with Crippen LogP contribution in [0.1, 0.15) is 18.4 Å². The molecule has 0 saturated carbocycles. The minimum absolute atomic E-state index is 0.177. The molecule has 0 amide bonds. The minimum atomic E-state index is -0.177. The summed E-state index contributed by atoms with van der Waals surface area (Å²) in [5.74, 6) is 2.04. The van der Waals surface area contributed by atoms with E-state index in [1.165, 1.54) is 0 Å². The molecule has 0 aliphatic rings. The molecule has 2 aromatic rings. The molecule has 0 fully saturated rings. The number of nitrogens with zero attached hydrogens (tertiary/aromatic N) is 2. The van der Waals surface area contributed by atoms with Crippen LogP contribution in [0.3, 0.4) is 0 Å². The number of H-pyrrole nitrogens is 1. The van der Waals surface area contributed by atoms with Crippen molar-refractivity contribution >= 4 is 11.8 Å². The van der Waals surface area contributed by atoms with Crippen molar-refractivity contribution in [3.8, 4) is 11.5 Å². The summed E-state index contributed by atoms with van der Waals surface area (Å²) in [5, 5.41) is 3.88. The van der Waals surface area contributed by atoms with Crippen LogP contribution in [-0.2, 0) is 0 Å². The summed E-state index contributed by atoms with van der Waals surface area (Å²) in [6, 6.07) is 3.60. The molecule has 0 spiro atoms. The SMILES string of the molecule is CSCC[C@@H](N)c1nc(-c2ccc[nH]2)no1. The zero-order valence-electron chi connectivity index (χ0n) is 9.01. The Kier molecular flexibility index (Phi) is 3.63. The van der Waals surface area contributed by atoms with E-state index in [4.69, 9.17) is 10.3 Å². The summed E-state index contributed by atoms with van der Waals surface area (Å²) in [5.41, 5.74) is 6.77. The van der Waals surface area contributed by atoms with E-state index in [-0.39, 0.29) is 6.04 Å².